The molecule has 0 fully saturated rings. The van der Waals surface area contributed by atoms with Crippen LogP contribution in [-0.2, 0) is 20.6 Å². The minimum atomic E-state index is -0.377. The number of nitrogens with zero attached hydrogens (tertiary/aromatic N) is 6. The molecule has 0 radical (unpaired) electrons. The lowest BCUT2D eigenvalue weighted by Crippen LogP contribution is -2.37. The Morgan fingerprint density at radius 2 is 1.96 bits per heavy atom. The quantitative estimate of drug-likeness (QED) is 0.723. The van der Waals surface area contributed by atoms with E-state index < -0.39 is 0 Å². The van der Waals surface area contributed by atoms with Crippen molar-refractivity contribution in [2.24, 2.45) is 14.1 Å². The number of H-pyrrole nitrogens is 1. The maximum absolute atomic E-state index is 12.4. The zero-order valence-corrected chi connectivity index (χ0v) is 15.1. The van der Waals surface area contributed by atoms with Crippen molar-refractivity contribution in [3.05, 3.63) is 38.9 Å². The first-order chi connectivity index (χ1) is 11.8. The van der Waals surface area contributed by atoms with Crippen LogP contribution in [0.1, 0.15) is 25.5 Å². The molecule has 3 heterocycles. The van der Waals surface area contributed by atoms with E-state index in [9.17, 15) is 9.59 Å². The number of likely N-dealkylation sites (N-methyl/N-ethyl adjacent to an activating group) is 1. The van der Waals surface area contributed by atoms with Gasteiger partial charge in [0.15, 0.2) is 11.2 Å². The molecule has 3 rings (SSSR count). The molecule has 0 aliphatic carbocycles. The average Bonchev–Trinajstić information content (AvgIpc) is 3.23. The van der Waals surface area contributed by atoms with E-state index >= 15 is 0 Å². The largest absolute Gasteiger partial charge is 0.356 e. The second-order valence-corrected chi connectivity index (χ2v) is 6.57. The summed E-state index contributed by atoms with van der Waals surface area (Å²) in [7, 11) is 5.04. The molecule has 3 aromatic heterocycles. The molecule has 0 bridgehead atoms. The normalized spacial score (nSPS) is 11.6. The topological polar surface area (TPSA) is 93.7 Å². The summed E-state index contributed by atoms with van der Waals surface area (Å²) in [5.41, 5.74) is 1.21. The number of imidazole rings is 1. The first-order valence-corrected chi connectivity index (χ1v) is 8.18. The van der Waals surface area contributed by atoms with Gasteiger partial charge in [0, 0.05) is 46.0 Å². The van der Waals surface area contributed by atoms with Crippen LogP contribution in [0.15, 0.2) is 22.0 Å². The number of hydrogen-bond donors (Lipinski definition) is 1. The Morgan fingerprint density at radius 3 is 2.60 bits per heavy atom. The predicted octanol–water partition coefficient (Wildman–Crippen LogP) is 0.417. The average molecular weight is 345 g/mol. The van der Waals surface area contributed by atoms with Gasteiger partial charge in [0.05, 0.1) is 6.33 Å². The summed E-state index contributed by atoms with van der Waals surface area (Å²) >= 11 is 0. The fourth-order valence-corrected chi connectivity index (χ4v) is 2.76. The van der Waals surface area contributed by atoms with Crippen LogP contribution in [0.25, 0.3) is 11.2 Å². The Bertz CT molecular complexity index is 1020. The Hall–Kier alpha value is -2.84. The molecule has 0 amide bonds. The van der Waals surface area contributed by atoms with Gasteiger partial charge < -0.3 is 9.47 Å². The van der Waals surface area contributed by atoms with Gasteiger partial charge >= 0.3 is 5.69 Å². The van der Waals surface area contributed by atoms with Crippen LogP contribution in [0.5, 0.6) is 0 Å². The smallest absolute Gasteiger partial charge is 0.332 e. The van der Waals surface area contributed by atoms with E-state index in [1.165, 1.54) is 11.6 Å². The van der Waals surface area contributed by atoms with Crippen LogP contribution in [0.4, 0.5) is 5.82 Å². The molecule has 0 aliphatic heterocycles. The van der Waals surface area contributed by atoms with Gasteiger partial charge in [-0.15, -0.1) is 0 Å². The third kappa shape index (κ3) is 2.86. The van der Waals surface area contributed by atoms with Crippen LogP contribution in [0, 0.1) is 0 Å². The van der Waals surface area contributed by atoms with Crippen LogP contribution < -0.4 is 16.1 Å². The van der Waals surface area contributed by atoms with E-state index in [0.29, 0.717) is 30.2 Å². The molecular weight excluding hydrogens is 322 g/mol. The minimum Gasteiger partial charge on any atom is -0.356 e. The Kier molecular flexibility index (Phi) is 4.23. The predicted molar refractivity (Wildman–Crippen MR) is 96.2 cm³/mol. The molecule has 9 heteroatoms. The molecule has 0 unspecified atom stereocenters. The van der Waals surface area contributed by atoms with Gasteiger partial charge in [0.1, 0.15) is 5.82 Å². The summed E-state index contributed by atoms with van der Waals surface area (Å²) < 4.78 is 4.27. The van der Waals surface area contributed by atoms with Crippen LogP contribution in [-0.4, -0.2) is 42.5 Å². The van der Waals surface area contributed by atoms with Gasteiger partial charge in [0.25, 0.3) is 5.56 Å². The summed E-state index contributed by atoms with van der Waals surface area (Å²) in [5.74, 6) is 1.24. The van der Waals surface area contributed by atoms with Crippen molar-refractivity contribution in [3.8, 4) is 0 Å². The number of rotatable bonds is 5. The molecule has 0 saturated heterocycles. The van der Waals surface area contributed by atoms with E-state index in [-0.39, 0.29) is 11.2 Å². The molecule has 9 nitrogen and oxygen atoms in total. The lowest BCUT2D eigenvalue weighted by atomic mass is 10.1. The van der Waals surface area contributed by atoms with E-state index in [2.05, 4.69) is 29.0 Å². The van der Waals surface area contributed by atoms with Gasteiger partial charge in [-0.2, -0.15) is 5.10 Å². The van der Waals surface area contributed by atoms with Gasteiger partial charge in [-0.05, 0) is 5.92 Å². The summed E-state index contributed by atoms with van der Waals surface area (Å²) in [5, 5.41) is 7.36. The van der Waals surface area contributed by atoms with Crippen molar-refractivity contribution in [1.82, 2.24) is 28.9 Å². The third-order valence-corrected chi connectivity index (χ3v) is 4.49. The van der Waals surface area contributed by atoms with Crippen molar-refractivity contribution < 1.29 is 0 Å². The highest BCUT2D eigenvalue weighted by molar-refractivity contribution is 5.69. The van der Waals surface area contributed by atoms with Crippen molar-refractivity contribution in [1.29, 1.82) is 0 Å². The second-order valence-electron chi connectivity index (χ2n) is 6.57. The number of aryl methyl sites for hydroxylation is 1. The number of aromatic nitrogens is 6. The van der Waals surface area contributed by atoms with Gasteiger partial charge in [0.2, 0.25) is 0 Å². The van der Waals surface area contributed by atoms with E-state index in [1.54, 1.807) is 17.9 Å². The molecule has 1 N–H and O–H groups in total. The lowest BCUT2D eigenvalue weighted by molar-refractivity contribution is 0.677. The molecule has 0 spiro atoms. The summed E-state index contributed by atoms with van der Waals surface area (Å²) in [6.07, 6.45) is 1.60. The summed E-state index contributed by atoms with van der Waals surface area (Å²) in [6, 6.07) is 2.03. The Labute approximate surface area is 144 Å². The molecule has 0 aromatic carbocycles. The number of fused-ring (bicyclic) bond motifs is 1. The highest BCUT2D eigenvalue weighted by Crippen LogP contribution is 2.17. The first-order valence-electron chi connectivity index (χ1n) is 8.18. The lowest BCUT2D eigenvalue weighted by Gasteiger charge is -2.16. The highest BCUT2D eigenvalue weighted by Gasteiger charge is 2.15. The molecule has 3 aromatic rings. The van der Waals surface area contributed by atoms with E-state index in [0.717, 1.165) is 16.1 Å². The number of hydrogen-bond acceptors (Lipinski definition) is 5. The fraction of sp³-hybridized carbons (Fsp3) is 0.500. The van der Waals surface area contributed by atoms with Crippen molar-refractivity contribution >= 4 is 17.0 Å². The molecule has 134 valence electrons. The standard InChI is InChI=1S/C16H23N7O2/c1-10(2)11-8-12(19-18-11)20(3)6-7-23-9-17-14-13(23)15(24)22(5)16(25)21(14)4/h8-10H,6-7H2,1-5H3,(H,18,19). The zero-order chi connectivity index (χ0) is 18.3. The minimum absolute atomic E-state index is 0.333. The molecule has 0 aliphatic rings. The molecule has 0 saturated carbocycles. The van der Waals surface area contributed by atoms with E-state index in [4.69, 9.17) is 0 Å². The maximum atomic E-state index is 12.4. The summed E-state index contributed by atoms with van der Waals surface area (Å²) in [4.78, 5) is 30.7. The molecule has 25 heavy (non-hydrogen) atoms. The summed E-state index contributed by atoms with van der Waals surface area (Å²) in [6.45, 7) is 5.42. The SMILES string of the molecule is CC(C)c1cc(N(C)CCn2cnc3c2c(=O)n(C)c(=O)n3C)n[nH]1. The van der Waals surface area contributed by atoms with Crippen LogP contribution in [0.3, 0.4) is 0 Å². The second kappa shape index (κ2) is 6.23. The highest BCUT2D eigenvalue weighted by atomic mass is 16.2. The van der Waals surface area contributed by atoms with E-state index in [1.807, 2.05) is 18.0 Å². The Morgan fingerprint density at radius 1 is 1.24 bits per heavy atom. The molecular formula is C16H23N7O2. The van der Waals surface area contributed by atoms with Gasteiger partial charge in [-0.3, -0.25) is 19.0 Å². The van der Waals surface area contributed by atoms with Gasteiger partial charge in [-0.25, -0.2) is 9.78 Å². The number of anilines is 1. The fourth-order valence-electron chi connectivity index (χ4n) is 2.76. The van der Waals surface area contributed by atoms with Crippen LogP contribution in [0.2, 0.25) is 0 Å². The van der Waals surface area contributed by atoms with Crippen molar-refractivity contribution in [2.45, 2.75) is 26.3 Å². The van der Waals surface area contributed by atoms with Crippen molar-refractivity contribution in [3.63, 3.8) is 0 Å². The van der Waals surface area contributed by atoms with Crippen LogP contribution >= 0.6 is 0 Å². The maximum Gasteiger partial charge on any atom is 0.332 e. The number of nitrogens with one attached hydrogen (secondary N) is 1. The monoisotopic (exact) mass is 345 g/mol. The van der Waals surface area contributed by atoms with Gasteiger partial charge in [-0.1, -0.05) is 13.8 Å². The molecule has 0 atom stereocenters. The zero-order valence-electron chi connectivity index (χ0n) is 15.1. The third-order valence-electron chi connectivity index (χ3n) is 4.49. The first kappa shape index (κ1) is 17.0. The van der Waals surface area contributed by atoms with Crippen molar-refractivity contribution in [2.75, 3.05) is 18.5 Å². The Balaban J connectivity index is 1.86. The number of aromatic amines is 1.